The van der Waals surface area contributed by atoms with E-state index >= 15 is 0 Å². The molecule has 0 aliphatic rings. The fourth-order valence-electron chi connectivity index (χ4n) is 4.19. The third-order valence-electron chi connectivity index (χ3n) is 6.66. The molecule has 0 saturated carbocycles. The van der Waals surface area contributed by atoms with Crippen LogP contribution in [-0.4, -0.2) is 34.7 Å². The highest BCUT2D eigenvalue weighted by atomic mass is 16.3. The Morgan fingerprint density at radius 3 is 2.37 bits per heavy atom. The highest BCUT2D eigenvalue weighted by Crippen LogP contribution is 2.23. The summed E-state index contributed by atoms with van der Waals surface area (Å²) in [5, 5.41) is 25.9. The van der Waals surface area contributed by atoms with Crippen LogP contribution in [0.5, 0.6) is 5.75 Å². The maximum absolute atomic E-state index is 12.4. The van der Waals surface area contributed by atoms with Gasteiger partial charge < -0.3 is 20.8 Å². The van der Waals surface area contributed by atoms with E-state index in [1.807, 2.05) is 12.1 Å². The number of nitrogens with one attached hydrogen (secondary N) is 2. The van der Waals surface area contributed by atoms with Gasteiger partial charge in [0, 0.05) is 30.6 Å². The minimum Gasteiger partial charge on any atom is -0.508 e. The van der Waals surface area contributed by atoms with E-state index in [1.54, 1.807) is 6.07 Å². The van der Waals surface area contributed by atoms with Crippen molar-refractivity contribution in [3.8, 4) is 5.75 Å². The van der Waals surface area contributed by atoms with Gasteiger partial charge in [0.25, 0.3) is 0 Å². The minimum absolute atomic E-state index is 0.104. The second-order valence-electron chi connectivity index (χ2n) is 10.2. The summed E-state index contributed by atoms with van der Waals surface area (Å²) in [6, 6.07) is 14.4. The van der Waals surface area contributed by atoms with Crippen LogP contribution in [0.25, 0.3) is 0 Å². The Kier molecular flexibility index (Phi) is 11.5. The van der Waals surface area contributed by atoms with Crippen LogP contribution in [0, 0.1) is 0 Å². The van der Waals surface area contributed by atoms with Crippen LogP contribution < -0.4 is 10.6 Å². The predicted octanol–water partition coefficient (Wildman–Crippen LogP) is 5.39. The number of aromatic hydroxyl groups is 1. The number of phenols is 1. The van der Waals surface area contributed by atoms with Crippen molar-refractivity contribution in [3.63, 3.8) is 0 Å². The van der Waals surface area contributed by atoms with Crippen molar-refractivity contribution < 1.29 is 15.0 Å². The van der Waals surface area contributed by atoms with Crippen LogP contribution in [0.3, 0.4) is 0 Å². The first-order valence-electron chi connectivity index (χ1n) is 12.7. The van der Waals surface area contributed by atoms with Gasteiger partial charge in [-0.1, -0.05) is 48.4 Å². The number of hydrogen-bond donors (Lipinski definition) is 4. The number of carbonyl (C=O) groups is 1. The zero-order valence-corrected chi connectivity index (χ0v) is 22.3. The molecule has 1 amide bonds. The van der Waals surface area contributed by atoms with Gasteiger partial charge in [-0.2, -0.15) is 0 Å². The van der Waals surface area contributed by atoms with Gasteiger partial charge in [-0.15, -0.1) is 0 Å². The second-order valence-corrected chi connectivity index (χ2v) is 10.2. The standard InChI is InChI=1S/C30H44N2O3/c1-20(2)21(3)14-24(6)32-30(35)13-10-25-8-7-9-26(16-25)15-23(5)31-18-22(4)27-11-12-29(34)28(17-27)19-33/h7-9,11-12,16-17,22-24,31,33-34H,10,13-15,18-19H2,1-6H3,(H,32,35). The van der Waals surface area contributed by atoms with Crippen LogP contribution in [0.2, 0.25) is 0 Å². The Hall–Kier alpha value is -2.63. The fraction of sp³-hybridized carbons (Fsp3) is 0.500. The number of aryl methyl sites for hydroxylation is 1. The summed E-state index contributed by atoms with van der Waals surface area (Å²) in [6.45, 7) is 13.4. The molecule has 3 atom stereocenters. The molecule has 0 fully saturated rings. The average Bonchev–Trinajstić information content (AvgIpc) is 2.81. The van der Waals surface area contributed by atoms with E-state index in [2.05, 4.69) is 76.4 Å². The molecule has 0 aliphatic heterocycles. The van der Waals surface area contributed by atoms with Gasteiger partial charge in [0.2, 0.25) is 5.91 Å². The van der Waals surface area contributed by atoms with Gasteiger partial charge in [0.1, 0.15) is 5.75 Å². The number of allylic oxidation sites excluding steroid dienone is 1. The molecule has 3 unspecified atom stereocenters. The van der Waals surface area contributed by atoms with Crippen molar-refractivity contribution >= 4 is 5.91 Å². The van der Waals surface area contributed by atoms with Gasteiger partial charge in [-0.3, -0.25) is 4.79 Å². The lowest BCUT2D eigenvalue weighted by Gasteiger charge is -2.19. The van der Waals surface area contributed by atoms with E-state index < -0.39 is 0 Å². The lowest BCUT2D eigenvalue weighted by molar-refractivity contribution is -0.121. The van der Waals surface area contributed by atoms with Crippen molar-refractivity contribution in [1.82, 2.24) is 10.6 Å². The molecule has 2 aromatic rings. The van der Waals surface area contributed by atoms with E-state index in [4.69, 9.17) is 0 Å². The molecule has 2 rings (SSSR count). The molecule has 35 heavy (non-hydrogen) atoms. The summed E-state index contributed by atoms with van der Waals surface area (Å²) in [7, 11) is 0. The van der Waals surface area contributed by atoms with E-state index in [-0.39, 0.29) is 30.2 Å². The Morgan fingerprint density at radius 2 is 1.69 bits per heavy atom. The van der Waals surface area contributed by atoms with Gasteiger partial charge in [0.05, 0.1) is 6.61 Å². The molecular formula is C30H44N2O3. The molecule has 192 valence electrons. The lowest BCUT2D eigenvalue weighted by Crippen LogP contribution is -2.33. The first-order valence-corrected chi connectivity index (χ1v) is 12.7. The molecule has 0 aliphatic carbocycles. The maximum atomic E-state index is 12.4. The Bertz CT molecular complexity index is 995. The van der Waals surface area contributed by atoms with Crippen molar-refractivity contribution in [1.29, 1.82) is 0 Å². The Balaban J connectivity index is 1.81. The summed E-state index contributed by atoms with van der Waals surface area (Å²) in [5.41, 5.74) is 6.75. The van der Waals surface area contributed by atoms with Crippen molar-refractivity contribution in [2.45, 2.75) is 91.8 Å². The number of hydrogen-bond acceptors (Lipinski definition) is 4. The minimum atomic E-state index is -0.164. The van der Waals surface area contributed by atoms with E-state index in [0.29, 0.717) is 18.0 Å². The van der Waals surface area contributed by atoms with Crippen LogP contribution in [0.4, 0.5) is 0 Å². The van der Waals surface area contributed by atoms with E-state index in [0.717, 1.165) is 31.4 Å². The summed E-state index contributed by atoms with van der Waals surface area (Å²) in [6.07, 6.45) is 3.03. The normalized spacial score (nSPS) is 13.7. The molecule has 0 saturated heterocycles. The molecular weight excluding hydrogens is 436 g/mol. The first-order chi connectivity index (χ1) is 16.6. The third-order valence-corrected chi connectivity index (χ3v) is 6.66. The first kappa shape index (κ1) is 28.6. The van der Waals surface area contributed by atoms with E-state index in [1.165, 1.54) is 22.3 Å². The predicted molar refractivity (Wildman–Crippen MR) is 145 cm³/mol. The summed E-state index contributed by atoms with van der Waals surface area (Å²) in [5.74, 6) is 0.499. The monoisotopic (exact) mass is 480 g/mol. The molecule has 0 radical (unpaired) electrons. The third kappa shape index (κ3) is 9.87. The summed E-state index contributed by atoms with van der Waals surface area (Å²) < 4.78 is 0. The summed E-state index contributed by atoms with van der Waals surface area (Å²) in [4.78, 5) is 12.4. The van der Waals surface area contributed by atoms with Crippen LogP contribution in [0.1, 0.15) is 82.6 Å². The summed E-state index contributed by atoms with van der Waals surface area (Å²) >= 11 is 0. The zero-order chi connectivity index (χ0) is 26.0. The molecule has 5 nitrogen and oxygen atoms in total. The largest absolute Gasteiger partial charge is 0.508 e. The van der Waals surface area contributed by atoms with E-state index in [9.17, 15) is 15.0 Å². The molecule has 4 N–H and O–H groups in total. The van der Waals surface area contributed by atoms with Crippen molar-refractivity contribution in [2.75, 3.05) is 6.54 Å². The van der Waals surface area contributed by atoms with Crippen LogP contribution in [0.15, 0.2) is 53.6 Å². The molecule has 2 aromatic carbocycles. The lowest BCUT2D eigenvalue weighted by atomic mass is 9.97. The quantitative estimate of drug-likeness (QED) is 0.290. The highest BCUT2D eigenvalue weighted by molar-refractivity contribution is 5.76. The zero-order valence-electron chi connectivity index (χ0n) is 22.3. The molecule has 0 bridgehead atoms. The molecule has 0 aromatic heterocycles. The number of aliphatic hydroxyl groups excluding tert-OH is 1. The highest BCUT2D eigenvalue weighted by Gasteiger charge is 2.12. The number of carbonyl (C=O) groups excluding carboxylic acids is 1. The van der Waals surface area contributed by atoms with Crippen molar-refractivity contribution in [2.24, 2.45) is 0 Å². The number of benzene rings is 2. The smallest absolute Gasteiger partial charge is 0.220 e. The number of rotatable bonds is 13. The van der Waals surface area contributed by atoms with Crippen LogP contribution >= 0.6 is 0 Å². The molecule has 0 spiro atoms. The van der Waals surface area contributed by atoms with Gasteiger partial charge >= 0.3 is 0 Å². The van der Waals surface area contributed by atoms with Crippen LogP contribution in [-0.2, 0) is 24.2 Å². The molecule has 5 heteroatoms. The van der Waals surface area contributed by atoms with Crippen molar-refractivity contribution in [3.05, 3.63) is 75.9 Å². The van der Waals surface area contributed by atoms with Gasteiger partial charge in [0.15, 0.2) is 0 Å². The Labute approximate surface area is 211 Å². The second kappa shape index (κ2) is 14.1. The fourth-order valence-corrected chi connectivity index (χ4v) is 4.19. The topological polar surface area (TPSA) is 81.6 Å². The van der Waals surface area contributed by atoms with Gasteiger partial charge in [-0.25, -0.2) is 0 Å². The average molecular weight is 481 g/mol. The SMILES string of the molecule is CC(C)=C(C)CC(C)NC(=O)CCc1cccc(CC(C)NCC(C)c2ccc(O)c(CO)c2)c1. The number of amides is 1. The number of aliphatic hydroxyl groups is 1. The molecule has 0 heterocycles. The maximum Gasteiger partial charge on any atom is 0.220 e. The Morgan fingerprint density at radius 1 is 0.971 bits per heavy atom. The van der Waals surface area contributed by atoms with Gasteiger partial charge in [-0.05, 0) is 88.6 Å².